The monoisotopic (exact) mass is 565 g/mol. The number of amidine groups is 1. The third-order valence-electron chi connectivity index (χ3n) is 10.6. The van der Waals surface area contributed by atoms with E-state index in [1.807, 2.05) is 6.34 Å². The summed E-state index contributed by atoms with van der Waals surface area (Å²) >= 11 is 7.65. The second-order valence-corrected chi connectivity index (χ2v) is 15.3. The first-order chi connectivity index (χ1) is 18.0. The Morgan fingerprint density at radius 1 is 0.846 bits per heavy atom. The Bertz CT molecular complexity index is 895. The minimum atomic E-state index is -1.09. The molecule has 2 saturated heterocycles. The molecule has 0 aromatic heterocycles. The van der Waals surface area contributed by atoms with E-state index in [9.17, 15) is 0 Å². The molecule has 0 aliphatic carbocycles. The molecule has 3 aliphatic rings. The van der Waals surface area contributed by atoms with E-state index in [4.69, 9.17) is 21.6 Å². The van der Waals surface area contributed by atoms with Crippen molar-refractivity contribution in [2.24, 2.45) is 21.8 Å². The Labute approximate surface area is 245 Å². The predicted octanol–water partition coefficient (Wildman–Crippen LogP) is 5.44. The van der Waals surface area contributed by atoms with Crippen LogP contribution in [0.4, 0.5) is 0 Å². The number of alkyl halides is 1. The van der Waals surface area contributed by atoms with Crippen LogP contribution in [-0.2, 0) is 0 Å². The van der Waals surface area contributed by atoms with Gasteiger partial charge in [0.05, 0.1) is 18.2 Å². The fraction of sp³-hybridized carbons (Fsp3) is 0.935. The lowest BCUT2D eigenvalue weighted by atomic mass is 9.67. The zero-order chi connectivity index (χ0) is 29.4. The van der Waals surface area contributed by atoms with Gasteiger partial charge in [-0.25, -0.2) is 9.98 Å². The molecule has 8 heteroatoms. The summed E-state index contributed by atoms with van der Waals surface area (Å²) in [5, 5.41) is 10.2. The lowest BCUT2D eigenvalue weighted by Gasteiger charge is -2.61. The normalized spacial score (nSPS) is 35.9. The lowest BCUT2D eigenvalue weighted by molar-refractivity contribution is -0.0758. The molecule has 39 heavy (non-hydrogen) atoms. The molecule has 226 valence electrons. The van der Waals surface area contributed by atoms with Crippen LogP contribution in [0, 0.1) is 11.8 Å². The van der Waals surface area contributed by atoms with E-state index in [1.165, 1.54) is 19.3 Å². The highest BCUT2D eigenvalue weighted by atomic mass is 35.5. The second-order valence-electron chi connectivity index (χ2n) is 14.8. The third kappa shape index (κ3) is 6.38. The van der Waals surface area contributed by atoms with Crippen molar-refractivity contribution in [3.05, 3.63) is 0 Å². The molecule has 3 aliphatic heterocycles. The summed E-state index contributed by atoms with van der Waals surface area (Å²) in [7, 11) is 4.50. The average molecular weight is 566 g/mol. The topological polar surface area (TPSA) is 67.3 Å². The second kappa shape index (κ2) is 11.9. The van der Waals surface area contributed by atoms with Crippen LogP contribution in [0.5, 0.6) is 0 Å². The molecule has 2 fully saturated rings. The van der Waals surface area contributed by atoms with Crippen LogP contribution in [0.15, 0.2) is 9.98 Å². The number of hydrogen-bond acceptors (Lipinski definition) is 7. The molecule has 3 heterocycles. The number of hydrogen-bond donors (Lipinski definition) is 3. The van der Waals surface area contributed by atoms with E-state index in [1.54, 1.807) is 0 Å². The molecule has 0 saturated carbocycles. The standard InChI is InChI=1S/C31H60ClN7/c1-13-15-17-33-22-19-27(3,4)38(11)29(7,8)24(22)26-35-21-36-31(32,37-26)25-23(34-18-16-14-2)20-28(5,6)39(12)30(25,9)10/h21-25,33-34H,13-20H2,1-12H3,(H,35,36,37). The fourth-order valence-corrected chi connectivity index (χ4v) is 8.37. The Morgan fingerprint density at radius 2 is 1.33 bits per heavy atom. The molecule has 0 spiro atoms. The molecule has 5 unspecified atom stereocenters. The van der Waals surface area contributed by atoms with Gasteiger partial charge in [0.15, 0.2) is 0 Å². The number of nitrogens with zero attached hydrogens (tertiary/aromatic N) is 4. The summed E-state index contributed by atoms with van der Waals surface area (Å²) in [6, 6.07) is 0.491. The highest BCUT2D eigenvalue weighted by molar-refractivity contribution is 6.25. The highest BCUT2D eigenvalue weighted by Gasteiger charge is 2.59. The van der Waals surface area contributed by atoms with Crippen molar-refractivity contribution >= 4 is 23.8 Å². The van der Waals surface area contributed by atoms with E-state index in [0.717, 1.165) is 38.2 Å². The van der Waals surface area contributed by atoms with Gasteiger partial charge in [-0.2, -0.15) is 0 Å². The smallest absolute Gasteiger partial charge is 0.234 e. The average Bonchev–Trinajstić information content (AvgIpc) is 2.81. The van der Waals surface area contributed by atoms with Crippen LogP contribution in [0.2, 0.25) is 0 Å². The van der Waals surface area contributed by atoms with Crippen LogP contribution in [0.25, 0.3) is 0 Å². The summed E-state index contributed by atoms with van der Waals surface area (Å²) < 4.78 is 0. The minimum absolute atomic E-state index is 0.0118. The molecule has 3 rings (SSSR count). The Balaban J connectivity index is 2.07. The van der Waals surface area contributed by atoms with Crippen LogP contribution in [0.1, 0.15) is 108 Å². The first-order valence-electron chi connectivity index (χ1n) is 15.5. The maximum absolute atomic E-state index is 7.65. The lowest BCUT2D eigenvalue weighted by Crippen LogP contribution is -2.72. The third-order valence-corrected chi connectivity index (χ3v) is 11.0. The Kier molecular flexibility index (Phi) is 9.98. The Hall–Kier alpha value is -0.730. The minimum Gasteiger partial charge on any atom is -0.335 e. The molecule has 7 nitrogen and oxygen atoms in total. The first kappa shape index (κ1) is 32.8. The zero-order valence-corrected chi connectivity index (χ0v) is 28.0. The fourth-order valence-electron chi connectivity index (χ4n) is 7.82. The molecular weight excluding hydrogens is 506 g/mol. The Morgan fingerprint density at radius 3 is 1.87 bits per heavy atom. The largest absolute Gasteiger partial charge is 0.335 e. The van der Waals surface area contributed by atoms with Gasteiger partial charge in [0.25, 0.3) is 0 Å². The van der Waals surface area contributed by atoms with Crippen LogP contribution in [0.3, 0.4) is 0 Å². The van der Waals surface area contributed by atoms with Crippen LogP contribution in [-0.4, -0.2) is 88.5 Å². The van der Waals surface area contributed by atoms with Crippen molar-refractivity contribution in [1.29, 1.82) is 0 Å². The number of rotatable bonds is 10. The first-order valence-corrected chi connectivity index (χ1v) is 15.9. The molecule has 0 amide bonds. The van der Waals surface area contributed by atoms with Crippen molar-refractivity contribution in [3.63, 3.8) is 0 Å². The number of unbranched alkanes of at least 4 members (excludes halogenated alkanes) is 2. The molecule has 0 aromatic rings. The maximum atomic E-state index is 7.65. The predicted molar refractivity (Wildman–Crippen MR) is 169 cm³/mol. The molecule has 0 radical (unpaired) electrons. The maximum Gasteiger partial charge on any atom is 0.234 e. The number of halogens is 1. The van der Waals surface area contributed by atoms with Crippen molar-refractivity contribution < 1.29 is 0 Å². The van der Waals surface area contributed by atoms with Gasteiger partial charge in [-0.05, 0) is 108 Å². The summed E-state index contributed by atoms with van der Waals surface area (Å²) in [6.45, 7) is 25.2. The summed E-state index contributed by atoms with van der Waals surface area (Å²) in [5.41, 5.74) is -0.260. The van der Waals surface area contributed by atoms with Crippen LogP contribution < -0.4 is 16.0 Å². The molecule has 0 bridgehead atoms. The number of piperidine rings is 2. The van der Waals surface area contributed by atoms with Crippen molar-refractivity contribution in [2.75, 3.05) is 27.2 Å². The van der Waals surface area contributed by atoms with E-state index >= 15 is 0 Å². The van der Waals surface area contributed by atoms with Gasteiger partial charge in [0.2, 0.25) is 5.12 Å². The van der Waals surface area contributed by atoms with Gasteiger partial charge in [0, 0.05) is 34.2 Å². The summed E-state index contributed by atoms with van der Waals surface area (Å²) in [4.78, 5) is 15.4. The molecule has 5 atom stereocenters. The van der Waals surface area contributed by atoms with E-state index in [-0.39, 0.29) is 46.1 Å². The zero-order valence-electron chi connectivity index (χ0n) is 27.2. The summed E-state index contributed by atoms with van der Waals surface area (Å²) in [6.07, 6.45) is 8.54. The van der Waals surface area contributed by atoms with Gasteiger partial charge in [-0.1, -0.05) is 38.3 Å². The highest BCUT2D eigenvalue weighted by Crippen LogP contribution is 2.50. The molecular formula is C31H60ClN7. The van der Waals surface area contributed by atoms with Crippen molar-refractivity contribution in [2.45, 2.75) is 147 Å². The van der Waals surface area contributed by atoms with Crippen molar-refractivity contribution in [3.8, 4) is 0 Å². The van der Waals surface area contributed by atoms with E-state index < -0.39 is 5.12 Å². The van der Waals surface area contributed by atoms with Crippen LogP contribution >= 0.6 is 11.6 Å². The van der Waals surface area contributed by atoms with Gasteiger partial charge in [-0.3, -0.25) is 9.80 Å². The number of aliphatic imine (C=N–C) groups is 2. The quantitative estimate of drug-likeness (QED) is 0.187. The van der Waals surface area contributed by atoms with E-state index in [0.29, 0.717) is 0 Å². The molecule has 0 aromatic carbocycles. The van der Waals surface area contributed by atoms with Gasteiger partial charge < -0.3 is 16.0 Å². The van der Waals surface area contributed by atoms with Crippen molar-refractivity contribution in [1.82, 2.24) is 25.8 Å². The SMILES string of the molecule is CCCCNC1CC(C)(C)N(C)C(C)(C)C1C1=NC(Cl)(C2C(NCCCC)CC(C)(C)N(C)C2(C)C)N=CN1. The number of nitrogens with one attached hydrogen (secondary N) is 3. The van der Waals surface area contributed by atoms with Gasteiger partial charge in [0.1, 0.15) is 5.84 Å². The molecule has 3 N–H and O–H groups in total. The van der Waals surface area contributed by atoms with Gasteiger partial charge >= 0.3 is 0 Å². The van der Waals surface area contributed by atoms with Gasteiger partial charge in [-0.15, -0.1) is 0 Å². The summed E-state index contributed by atoms with van der Waals surface area (Å²) in [5.74, 6) is 1.09. The number of likely N-dealkylation sites (tertiary alicyclic amines) is 2. The van der Waals surface area contributed by atoms with E-state index in [2.05, 4.69) is 109 Å².